The van der Waals surface area contributed by atoms with E-state index in [2.05, 4.69) is 34.2 Å². The average molecular weight is 564 g/mol. The van der Waals surface area contributed by atoms with E-state index in [9.17, 15) is 9.59 Å². The minimum absolute atomic E-state index is 0.139. The number of benzene rings is 2. The van der Waals surface area contributed by atoms with Crippen LogP contribution >= 0.6 is 34.4 Å². The lowest BCUT2D eigenvalue weighted by Crippen LogP contribution is -2.28. The highest BCUT2D eigenvalue weighted by atomic mass is 127. The van der Waals surface area contributed by atoms with Crippen molar-refractivity contribution in [2.75, 3.05) is 20.3 Å². The minimum atomic E-state index is -0.999. The lowest BCUT2D eigenvalue weighted by molar-refractivity contribution is -0.122. The maximum atomic E-state index is 12.9. The maximum Gasteiger partial charge on any atom is 0.335 e. The Morgan fingerprint density at radius 1 is 1.31 bits per heavy atom. The van der Waals surface area contributed by atoms with Gasteiger partial charge in [-0.3, -0.25) is 9.69 Å². The van der Waals surface area contributed by atoms with Gasteiger partial charge in [0, 0.05) is 6.54 Å². The zero-order chi connectivity index (χ0) is 23.3. The van der Waals surface area contributed by atoms with Crippen molar-refractivity contribution in [3.8, 4) is 11.5 Å². The predicted molar refractivity (Wildman–Crippen MR) is 135 cm³/mol. The Morgan fingerprint density at radius 3 is 2.62 bits per heavy atom. The average Bonchev–Trinajstić information content (AvgIpc) is 3.06. The Balaban J connectivity index is 1.92. The van der Waals surface area contributed by atoms with E-state index in [1.807, 2.05) is 19.1 Å². The van der Waals surface area contributed by atoms with Crippen LogP contribution in [0.2, 0.25) is 0 Å². The van der Waals surface area contributed by atoms with Crippen LogP contribution in [0.5, 0.6) is 11.5 Å². The molecular weight excluding hydrogens is 543 g/mol. The molecular formula is C23H21IN2O5S. The number of hydrogen-bond donors (Lipinski definition) is 1. The van der Waals surface area contributed by atoms with Crippen LogP contribution < -0.4 is 9.47 Å². The number of aromatic carboxylic acids is 1. The summed E-state index contributed by atoms with van der Waals surface area (Å²) in [5, 5.41) is 9.59. The first kappa shape index (κ1) is 23.9. The molecule has 1 amide bonds. The fraction of sp³-hybridized carbons (Fsp3) is 0.174. The number of methoxy groups -OCH3 is 1. The highest BCUT2D eigenvalue weighted by Gasteiger charge is 2.32. The minimum Gasteiger partial charge on any atom is -0.493 e. The highest BCUT2D eigenvalue weighted by Crippen LogP contribution is 2.38. The van der Waals surface area contributed by atoms with Crippen molar-refractivity contribution >= 4 is 63.2 Å². The zero-order valence-corrected chi connectivity index (χ0v) is 20.5. The summed E-state index contributed by atoms with van der Waals surface area (Å²) in [4.78, 5) is 30.6. The van der Waals surface area contributed by atoms with Gasteiger partial charge in [-0.15, -0.1) is 0 Å². The van der Waals surface area contributed by atoms with Gasteiger partial charge in [-0.05, 0) is 89.3 Å². The number of carbonyl (C=O) groups is 2. The summed E-state index contributed by atoms with van der Waals surface area (Å²) in [6.07, 6.45) is 3.46. The normalized spacial score (nSPS) is 16.0. The number of aliphatic imine (C=N–C) groups is 1. The number of amidine groups is 1. The van der Waals surface area contributed by atoms with Crippen LogP contribution in [0.3, 0.4) is 0 Å². The van der Waals surface area contributed by atoms with Crippen LogP contribution in [-0.4, -0.2) is 47.3 Å². The predicted octanol–water partition coefficient (Wildman–Crippen LogP) is 5.19. The zero-order valence-electron chi connectivity index (χ0n) is 17.5. The molecule has 1 fully saturated rings. The number of halogens is 1. The largest absolute Gasteiger partial charge is 0.493 e. The summed E-state index contributed by atoms with van der Waals surface area (Å²) < 4.78 is 12.0. The number of carboxylic acid groups (broad SMARTS) is 1. The molecule has 0 spiro atoms. The quantitative estimate of drug-likeness (QED) is 0.270. The monoisotopic (exact) mass is 564 g/mol. The second kappa shape index (κ2) is 10.7. The number of ether oxygens (including phenoxy) is 2. The van der Waals surface area contributed by atoms with E-state index < -0.39 is 5.97 Å². The van der Waals surface area contributed by atoms with Crippen molar-refractivity contribution in [2.45, 2.75) is 6.92 Å². The molecule has 1 saturated heterocycles. The molecule has 0 aromatic heterocycles. The smallest absolute Gasteiger partial charge is 0.335 e. The Labute approximate surface area is 204 Å². The lowest BCUT2D eigenvalue weighted by atomic mass is 10.2. The van der Waals surface area contributed by atoms with Crippen LogP contribution in [-0.2, 0) is 4.79 Å². The van der Waals surface area contributed by atoms with Gasteiger partial charge in [0.1, 0.15) is 6.61 Å². The molecule has 1 heterocycles. The van der Waals surface area contributed by atoms with Gasteiger partial charge in [0.15, 0.2) is 16.7 Å². The third kappa shape index (κ3) is 5.33. The summed E-state index contributed by atoms with van der Waals surface area (Å²) in [6.45, 7) is 6.36. The number of nitrogens with zero attached hydrogens (tertiary/aromatic N) is 2. The van der Waals surface area contributed by atoms with E-state index in [0.29, 0.717) is 40.4 Å². The molecule has 1 aliphatic heterocycles. The SMILES string of the molecule is C=CCOc1c(I)cc(C=C2SC(=Nc3ccc(C(=O)O)cc3)N(CC)C2=O)cc1OC. The van der Waals surface area contributed by atoms with Crippen LogP contribution in [0, 0.1) is 3.57 Å². The number of rotatable bonds is 8. The van der Waals surface area contributed by atoms with Gasteiger partial charge in [-0.1, -0.05) is 12.7 Å². The summed E-state index contributed by atoms with van der Waals surface area (Å²) in [5.41, 5.74) is 1.56. The molecule has 1 aliphatic rings. The number of carboxylic acids is 1. The molecule has 0 aliphatic carbocycles. The lowest BCUT2D eigenvalue weighted by Gasteiger charge is -2.13. The highest BCUT2D eigenvalue weighted by molar-refractivity contribution is 14.1. The van der Waals surface area contributed by atoms with E-state index in [-0.39, 0.29) is 11.5 Å². The first-order valence-corrected chi connectivity index (χ1v) is 11.5. The molecule has 2 aromatic rings. The molecule has 0 unspecified atom stereocenters. The van der Waals surface area contributed by atoms with Gasteiger partial charge < -0.3 is 14.6 Å². The van der Waals surface area contributed by atoms with Crippen LogP contribution in [0.25, 0.3) is 6.08 Å². The molecule has 2 aromatic carbocycles. The van der Waals surface area contributed by atoms with Crippen molar-refractivity contribution in [1.82, 2.24) is 4.90 Å². The topological polar surface area (TPSA) is 88.4 Å². The number of carbonyl (C=O) groups excluding carboxylic acids is 1. The Kier molecular flexibility index (Phi) is 7.97. The number of hydrogen-bond acceptors (Lipinski definition) is 6. The molecule has 1 N–H and O–H groups in total. The summed E-state index contributed by atoms with van der Waals surface area (Å²) in [5.74, 6) is 0.0592. The molecule has 0 bridgehead atoms. The molecule has 9 heteroatoms. The standard InChI is InChI=1S/C23H21IN2O5S/c1-4-10-31-20-17(24)11-14(12-18(20)30-3)13-19-21(27)26(5-2)23(32-19)25-16-8-6-15(7-9-16)22(28)29/h4,6-9,11-13H,1,5,10H2,2-3H3,(H,28,29). The number of likely N-dealkylation sites (N-methyl/N-ethyl adjacent to an activating group) is 1. The van der Waals surface area contributed by atoms with E-state index in [1.54, 1.807) is 36.3 Å². The van der Waals surface area contributed by atoms with E-state index in [4.69, 9.17) is 14.6 Å². The first-order valence-electron chi connectivity index (χ1n) is 9.62. The van der Waals surface area contributed by atoms with E-state index in [1.165, 1.54) is 23.9 Å². The second-order valence-electron chi connectivity index (χ2n) is 6.54. The van der Waals surface area contributed by atoms with E-state index in [0.717, 1.165) is 9.13 Å². The molecule has 0 atom stereocenters. The van der Waals surface area contributed by atoms with Gasteiger partial charge in [0.25, 0.3) is 5.91 Å². The van der Waals surface area contributed by atoms with Gasteiger partial charge in [0.05, 0.1) is 26.8 Å². The number of thioether (sulfide) groups is 1. The molecule has 0 saturated carbocycles. The van der Waals surface area contributed by atoms with E-state index >= 15 is 0 Å². The Hall–Kier alpha value is -2.79. The molecule has 3 rings (SSSR count). The molecule has 0 radical (unpaired) electrons. The Bertz CT molecular complexity index is 1110. The van der Waals surface area contributed by atoms with Crippen LogP contribution in [0.4, 0.5) is 5.69 Å². The summed E-state index contributed by atoms with van der Waals surface area (Å²) in [6, 6.07) is 9.94. The maximum absolute atomic E-state index is 12.9. The molecule has 7 nitrogen and oxygen atoms in total. The van der Waals surface area contributed by atoms with Crippen molar-refractivity contribution in [3.05, 3.63) is 68.7 Å². The van der Waals surface area contributed by atoms with Crippen LogP contribution in [0.1, 0.15) is 22.8 Å². The number of amides is 1. The first-order chi connectivity index (χ1) is 15.4. The summed E-state index contributed by atoms with van der Waals surface area (Å²) in [7, 11) is 1.57. The third-order valence-electron chi connectivity index (χ3n) is 4.44. The van der Waals surface area contributed by atoms with Gasteiger partial charge in [-0.2, -0.15) is 0 Å². The fourth-order valence-corrected chi connectivity index (χ4v) is 4.76. The van der Waals surface area contributed by atoms with Crippen molar-refractivity contribution < 1.29 is 24.2 Å². The van der Waals surface area contributed by atoms with Gasteiger partial charge >= 0.3 is 5.97 Å². The van der Waals surface area contributed by atoms with Crippen molar-refractivity contribution in [2.24, 2.45) is 4.99 Å². The third-order valence-corrected chi connectivity index (χ3v) is 6.25. The van der Waals surface area contributed by atoms with Crippen LogP contribution in [0.15, 0.2) is 59.0 Å². The van der Waals surface area contributed by atoms with Crippen molar-refractivity contribution in [3.63, 3.8) is 0 Å². The van der Waals surface area contributed by atoms with Gasteiger partial charge in [0.2, 0.25) is 0 Å². The Morgan fingerprint density at radius 2 is 2.03 bits per heavy atom. The van der Waals surface area contributed by atoms with Crippen molar-refractivity contribution in [1.29, 1.82) is 0 Å². The van der Waals surface area contributed by atoms with Gasteiger partial charge in [-0.25, -0.2) is 9.79 Å². The molecule has 166 valence electrons. The fourth-order valence-electron chi connectivity index (χ4n) is 2.92. The molecule has 32 heavy (non-hydrogen) atoms. The second-order valence-corrected chi connectivity index (χ2v) is 8.71. The summed E-state index contributed by atoms with van der Waals surface area (Å²) >= 11 is 3.44.